The van der Waals surface area contributed by atoms with Crippen molar-refractivity contribution in [3.05, 3.63) is 0 Å². The molecular weight excluding hydrogens is 192 g/mol. The van der Waals surface area contributed by atoms with Crippen molar-refractivity contribution in [1.29, 1.82) is 0 Å². The molecule has 0 radical (unpaired) electrons. The number of ether oxygens (including phenoxy) is 1. The van der Waals surface area contributed by atoms with E-state index < -0.39 is 0 Å². The Kier molecular flexibility index (Phi) is 2.88. The topological polar surface area (TPSA) is 59.1 Å². The average Bonchev–Trinajstić information content (AvgIpc) is 2.91. The van der Waals surface area contributed by atoms with Crippen LogP contribution in [0.5, 0.6) is 0 Å². The fourth-order valence-corrected chi connectivity index (χ4v) is 2.30. The third kappa shape index (κ3) is 2.22. The minimum absolute atomic E-state index is 0.117. The Morgan fingerprint density at radius 2 is 2.38 bits per heavy atom. The highest BCUT2D eigenvalue weighted by Gasteiger charge is 2.45. The smallest absolute Gasteiger partial charge is 0.148 e. The van der Waals surface area contributed by atoms with Crippen LogP contribution >= 0.6 is 12.0 Å². The molecule has 1 N–H and O–H groups in total. The number of Topliss-reactive ketones (excluding diaryl/α,β-unsaturated/α-hetero) is 1. The van der Waals surface area contributed by atoms with Crippen molar-refractivity contribution in [2.75, 3.05) is 5.75 Å². The van der Waals surface area contributed by atoms with Gasteiger partial charge in [-0.2, -0.15) is 4.33 Å². The molecule has 0 aromatic heterocycles. The Balaban J connectivity index is 1.75. The largest absolute Gasteiger partial charge is 0.370 e. The number of hydrogen-bond acceptors (Lipinski definition) is 5. The van der Waals surface area contributed by atoms with Crippen molar-refractivity contribution in [3.63, 3.8) is 0 Å². The molecule has 1 saturated heterocycles. The summed E-state index contributed by atoms with van der Waals surface area (Å²) in [5.74, 6) is 0.512. The Morgan fingerprint density at radius 3 is 3.08 bits per heavy atom. The molecule has 2 fully saturated rings. The van der Waals surface area contributed by atoms with Crippen molar-refractivity contribution in [1.82, 2.24) is 0 Å². The van der Waals surface area contributed by atoms with Gasteiger partial charge in [0.1, 0.15) is 5.78 Å². The minimum Gasteiger partial charge on any atom is -0.370 e. The van der Waals surface area contributed by atoms with Crippen molar-refractivity contribution < 1.29 is 19.1 Å². The maximum Gasteiger partial charge on any atom is 0.148 e. The van der Waals surface area contributed by atoms with Crippen molar-refractivity contribution in [2.45, 2.75) is 31.5 Å². The first-order valence-electron chi connectivity index (χ1n) is 4.42. The molecule has 0 spiro atoms. The molecule has 5 heteroatoms. The van der Waals surface area contributed by atoms with E-state index in [9.17, 15) is 4.79 Å². The van der Waals surface area contributed by atoms with Gasteiger partial charge < -0.3 is 4.74 Å². The summed E-state index contributed by atoms with van der Waals surface area (Å²) in [6.45, 7) is 0. The van der Waals surface area contributed by atoms with E-state index in [4.69, 9.17) is 9.99 Å². The second-order valence-electron chi connectivity index (χ2n) is 3.53. The van der Waals surface area contributed by atoms with E-state index in [1.165, 1.54) is 0 Å². The van der Waals surface area contributed by atoms with Gasteiger partial charge in [-0.3, -0.25) is 4.79 Å². The second kappa shape index (κ2) is 3.96. The normalized spacial score (nSPS) is 36.8. The van der Waals surface area contributed by atoms with Crippen LogP contribution in [0.3, 0.4) is 0 Å². The molecule has 1 aliphatic carbocycles. The number of carbonyl (C=O) groups excluding carboxylic acids is 1. The van der Waals surface area contributed by atoms with E-state index in [1.807, 2.05) is 0 Å². The zero-order chi connectivity index (χ0) is 9.26. The summed E-state index contributed by atoms with van der Waals surface area (Å²) >= 11 is 0.790. The van der Waals surface area contributed by atoms with Gasteiger partial charge in [0.2, 0.25) is 0 Å². The van der Waals surface area contributed by atoms with Gasteiger partial charge in [-0.25, -0.2) is 5.26 Å². The van der Waals surface area contributed by atoms with Gasteiger partial charge in [0.25, 0.3) is 0 Å². The maximum absolute atomic E-state index is 11.5. The minimum atomic E-state index is 0.117. The number of hydrogen-bond donors (Lipinski definition) is 1. The average molecular weight is 204 g/mol. The molecule has 2 aliphatic rings. The number of fused-ring (bicyclic) bond motifs is 1. The van der Waals surface area contributed by atoms with Crippen molar-refractivity contribution in [3.8, 4) is 0 Å². The van der Waals surface area contributed by atoms with Gasteiger partial charge >= 0.3 is 0 Å². The highest BCUT2D eigenvalue weighted by molar-refractivity contribution is 7.95. The molecule has 4 nitrogen and oxygen atoms in total. The lowest BCUT2D eigenvalue weighted by Gasteiger charge is -2.16. The lowest BCUT2D eigenvalue weighted by molar-refractivity contribution is -0.124. The number of carbonyl (C=O) groups is 1. The molecule has 0 amide bonds. The Bertz CT molecular complexity index is 208. The summed E-state index contributed by atoms with van der Waals surface area (Å²) in [6, 6.07) is 0. The van der Waals surface area contributed by atoms with Crippen LogP contribution in [0, 0.1) is 5.92 Å². The van der Waals surface area contributed by atoms with Crippen molar-refractivity contribution >= 4 is 17.8 Å². The number of ketones is 1. The Labute approximate surface area is 80.7 Å². The first-order valence-corrected chi connectivity index (χ1v) is 5.33. The second-order valence-corrected chi connectivity index (χ2v) is 4.20. The van der Waals surface area contributed by atoms with Crippen LogP contribution in [0.25, 0.3) is 0 Å². The number of epoxide rings is 1. The molecule has 74 valence electrons. The van der Waals surface area contributed by atoms with Crippen LogP contribution < -0.4 is 0 Å². The summed E-state index contributed by atoms with van der Waals surface area (Å²) in [5.41, 5.74) is 0. The molecule has 0 aromatic carbocycles. The summed E-state index contributed by atoms with van der Waals surface area (Å²) in [4.78, 5) is 11.5. The first-order chi connectivity index (χ1) is 6.31. The molecule has 2 rings (SSSR count). The fourth-order valence-electron chi connectivity index (χ4n) is 1.90. The summed E-state index contributed by atoms with van der Waals surface area (Å²) in [5, 5.41) is 8.06. The molecule has 0 aromatic rings. The standard InChI is InChI=1S/C8H12O4S/c9-6(4-13-12-10)5-1-2-7-8(3-5)11-7/h5,7-8,10H,1-4H2. The van der Waals surface area contributed by atoms with E-state index in [1.54, 1.807) is 0 Å². The molecular formula is C8H12O4S. The highest BCUT2D eigenvalue weighted by atomic mass is 32.2. The van der Waals surface area contributed by atoms with Gasteiger partial charge in [-0.15, -0.1) is 0 Å². The lowest BCUT2D eigenvalue weighted by Crippen LogP contribution is -2.23. The quantitative estimate of drug-likeness (QED) is 0.323. The molecule has 13 heavy (non-hydrogen) atoms. The lowest BCUT2D eigenvalue weighted by atomic mass is 9.87. The zero-order valence-corrected chi connectivity index (χ0v) is 7.96. The van der Waals surface area contributed by atoms with Gasteiger partial charge in [-0.1, -0.05) is 0 Å². The molecule has 1 saturated carbocycles. The van der Waals surface area contributed by atoms with E-state index in [0.29, 0.717) is 12.2 Å². The predicted octanol–water partition coefficient (Wildman–Crippen LogP) is 1.26. The molecule has 1 heterocycles. The third-order valence-electron chi connectivity index (χ3n) is 2.71. The number of rotatable bonds is 4. The van der Waals surface area contributed by atoms with E-state index >= 15 is 0 Å². The van der Waals surface area contributed by atoms with Crippen LogP contribution in [0.2, 0.25) is 0 Å². The van der Waals surface area contributed by atoms with Crippen LogP contribution in [0.15, 0.2) is 0 Å². The Morgan fingerprint density at radius 1 is 1.54 bits per heavy atom. The summed E-state index contributed by atoms with van der Waals surface area (Å²) < 4.78 is 9.13. The molecule has 1 aliphatic heterocycles. The van der Waals surface area contributed by atoms with E-state index in [-0.39, 0.29) is 17.5 Å². The van der Waals surface area contributed by atoms with Crippen LogP contribution in [-0.4, -0.2) is 29.0 Å². The third-order valence-corrected chi connectivity index (χ3v) is 3.22. The zero-order valence-electron chi connectivity index (χ0n) is 7.14. The summed E-state index contributed by atoms with van der Waals surface area (Å²) in [7, 11) is 0. The fraction of sp³-hybridized carbons (Fsp3) is 0.875. The predicted molar refractivity (Wildman–Crippen MR) is 47.2 cm³/mol. The molecule has 3 atom stereocenters. The van der Waals surface area contributed by atoms with Crippen molar-refractivity contribution in [2.24, 2.45) is 5.92 Å². The van der Waals surface area contributed by atoms with Gasteiger partial charge in [0.15, 0.2) is 0 Å². The van der Waals surface area contributed by atoms with Crippen LogP contribution in [0.1, 0.15) is 19.3 Å². The van der Waals surface area contributed by atoms with Gasteiger partial charge in [0.05, 0.1) is 18.0 Å². The van der Waals surface area contributed by atoms with Crippen LogP contribution in [0.4, 0.5) is 0 Å². The van der Waals surface area contributed by atoms with Crippen LogP contribution in [-0.2, 0) is 13.9 Å². The first kappa shape index (κ1) is 9.45. The summed E-state index contributed by atoms with van der Waals surface area (Å²) in [6.07, 6.45) is 3.56. The van der Waals surface area contributed by atoms with Gasteiger partial charge in [-0.05, 0) is 19.3 Å². The monoisotopic (exact) mass is 204 g/mol. The highest BCUT2D eigenvalue weighted by Crippen LogP contribution is 2.39. The molecule has 0 bridgehead atoms. The van der Waals surface area contributed by atoms with E-state index in [0.717, 1.165) is 31.3 Å². The SMILES string of the molecule is O=C(CSOO)C1CCC2OC2C1. The van der Waals surface area contributed by atoms with E-state index in [2.05, 4.69) is 4.33 Å². The Hall–Kier alpha value is -0.100. The molecule has 3 unspecified atom stereocenters. The van der Waals surface area contributed by atoms with Gasteiger partial charge in [0, 0.05) is 18.0 Å². The maximum atomic E-state index is 11.5.